The molecular weight excluding hydrogens is 232 g/mol. The Balaban J connectivity index is 2.29. The van der Waals surface area contributed by atoms with Gasteiger partial charge in [-0.1, -0.05) is 0 Å². The fraction of sp³-hybridized carbons (Fsp3) is 0.429. The molecule has 0 amide bonds. The van der Waals surface area contributed by atoms with Crippen LogP contribution in [0.3, 0.4) is 0 Å². The number of hydrogen-bond acceptors (Lipinski definition) is 6. The summed E-state index contributed by atoms with van der Waals surface area (Å²) >= 11 is 8.30. The fourth-order valence-corrected chi connectivity index (χ4v) is 1.47. The van der Waals surface area contributed by atoms with Gasteiger partial charge in [0.05, 0.1) is 6.42 Å². The molecule has 0 bridgehead atoms. The fourth-order valence-electron chi connectivity index (χ4n) is 1.15. The van der Waals surface area contributed by atoms with Crippen molar-refractivity contribution in [2.45, 2.75) is 16.7 Å². The molecule has 0 saturated carbocycles. The SMILES string of the molecule is Cn1c(S)nnc1Cc1nnc(S)n1C. The second kappa shape index (κ2) is 3.86. The quantitative estimate of drug-likeness (QED) is 0.734. The van der Waals surface area contributed by atoms with E-state index in [0.29, 0.717) is 16.7 Å². The highest BCUT2D eigenvalue weighted by atomic mass is 32.1. The van der Waals surface area contributed by atoms with Crippen LogP contribution in [0.5, 0.6) is 0 Å². The van der Waals surface area contributed by atoms with Crippen LogP contribution in [0.25, 0.3) is 0 Å². The summed E-state index contributed by atoms with van der Waals surface area (Å²) in [7, 11) is 3.71. The van der Waals surface area contributed by atoms with Gasteiger partial charge in [0.2, 0.25) is 0 Å². The van der Waals surface area contributed by atoms with Crippen LogP contribution in [0.4, 0.5) is 0 Å². The summed E-state index contributed by atoms with van der Waals surface area (Å²) in [6.07, 6.45) is 0.564. The highest BCUT2D eigenvalue weighted by Crippen LogP contribution is 2.10. The lowest BCUT2D eigenvalue weighted by atomic mass is 10.4. The lowest BCUT2D eigenvalue weighted by Gasteiger charge is -2.01. The average molecular weight is 242 g/mol. The maximum Gasteiger partial charge on any atom is 0.187 e. The zero-order valence-corrected chi connectivity index (χ0v) is 10.1. The Morgan fingerprint density at radius 3 is 1.53 bits per heavy atom. The van der Waals surface area contributed by atoms with Crippen LogP contribution < -0.4 is 0 Å². The Morgan fingerprint density at radius 2 is 1.27 bits per heavy atom. The van der Waals surface area contributed by atoms with Crippen molar-refractivity contribution >= 4 is 25.3 Å². The average Bonchev–Trinajstić information content (AvgIpc) is 2.68. The molecule has 0 atom stereocenters. The zero-order chi connectivity index (χ0) is 11.0. The van der Waals surface area contributed by atoms with E-state index in [1.165, 1.54) is 0 Å². The van der Waals surface area contributed by atoms with E-state index < -0.39 is 0 Å². The first-order valence-electron chi connectivity index (χ1n) is 4.24. The molecule has 0 N–H and O–H groups in total. The molecule has 15 heavy (non-hydrogen) atoms. The van der Waals surface area contributed by atoms with Crippen LogP contribution in [0, 0.1) is 0 Å². The van der Waals surface area contributed by atoms with Crippen molar-refractivity contribution in [3.63, 3.8) is 0 Å². The molecule has 0 aliphatic heterocycles. The van der Waals surface area contributed by atoms with Crippen LogP contribution in [0.1, 0.15) is 11.6 Å². The minimum absolute atomic E-state index is 0.564. The highest BCUT2D eigenvalue weighted by molar-refractivity contribution is 7.80. The standard InChI is InChI=1S/C7H10N6S2/c1-12-4(8-10-6(12)14)3-5-9-11-7(15)13(5)2/h3H2,1-2H3,(H,10,14)(H,11,15). The molecule has 0 spiro atoms. The van der Waals surface area contributed by atoms with E-state index in [1.54, 1.807) is 9.13 Å². The van der Waals surface area contributed by atoms with Crippen LogP contribution in [0.2, 0.25) is 0 Å². The van der Waals surface area contributed by atoms with Crippen molar-refractivity contribution < 1.29 is 0 Å². The van der Waals surface area contributed by atoms with Crippen molar-refractivity contribution in [3.8, 4) is 0 Å². The Kier molecular flexibility index (Phi) is 2.70. The number of aromatic nitrogens is 6. The van der Waals surface area contributed by atoms with Gasteiger partial charge in [0, 0.05) is 14.1 Å². The summed E-state index contributed by atoms with van der Waals surface area (Å²) in [6, 6.07) is 0. The van der Waals surface area contributed by atoms with E-state index >= 15 is 0 Å². The van der Waals surface area contributed by atoms with Crippen molar-refractivity contribution in [1.82, 2.24) is 29.5 Å². The molecule has 80 valence electrons. The third-order valence-corrected chi connectivity index (χ3v) is 2.98. The molecule has 2 rings (SSSR count). The van der Waals surface area contributed by atoms with Crippen LogP contribution >= 0.6 is 25.3 Å². The summed E-state index contributed by atoms with van der Waals surface area (Å²) in [5, 5.41) is 16.8. The summed E-state index contributed by atoms with van der Waals surface area (Å²) in [4.78, 5) is 0. The maximum atomic E-state index is 4.15. The molecule has 8 heteroatoms. The van der Waals surface area contributed by atoms with Gasteiger partial charge in [0.25, 0.3) is 0 Å². The van der Waals surface area contributed by atoms with Gasteiger partial charge in [-0.25, -0.2) is 0 Å². The van der Waals surface area contributed by atoms with Crippen LogP contribution in [-0.2, 0) is 20.5 Å². The Hall–Kier alpha value is -1.02. The predicted octanol–water partition coefficient (Wildman–Crippen LogP) is 0.112. The van der Waals surface area contributed by atoms with Crippen molar-refractivity contribution in [2.24, 2.45) is 14.1 Å². The van der Waals surface area contributed by atoms with Crippen molar-refractivity contribution in [1.29, 1.82) is 0 Å². The van der Waals surface area contributed by atoms with Crippen molar-refractivity contribution in [2.75, 3.05) is 0 Å². The second-order valence-electron chi connectivity index (χ2n) is 3.13. The molecule has 0 radical (unpaired) electrons. The first-order chi connectivity index (χ1) is 7.09. The zero-order valence-electron chi connectivity index (χ0n) is 8.28. The Morgan fingerprint density at radius 1 is 0.867 bits per heavy atom. The minimum Gasteiger partial charge on any atom is -0.309 e. The molecule has 0 saturated heterocycles. The maximum absolute atomic E-state index is 4.15. The molecule has 2 heterocycles. The molecule has 6 nitrogen and oxygen atoms in total. The summed E-state index contributed by atoms with van der Waals surface area (Å²) in [5.74, 6) is 1.59. The normalized spacial score (nSPS) is 10.9. The van der Waals surface area contributed by atoms with Gasteiger partial charge in [-0.3, -0.25) is 0 Å². The van der Waals surface area contributed by atoms with E-state index in [2.05, 4.69) is 45.7 Å². The van der Waals surface area contributed by atoms with E-state index in [9.17, 15) is 0 Å². The predicted molar refractivity (Wildman–Crippen MR) is 59.3 cm³/mol. The van der Waals surface area contributed by atoms with E-state index in [4.69, 9.17) is 0 Å². The van der Waals surface area contributed by atoms with Crippen LogP contribution in [-0.4, -0.2) is 29.5 Å². The smallest absolute Gasteiger partial charge is 0.187 e. The van der Waals surface area contributed by atoms with E-state index in [1.807, 2.05) is 14.1 Å². The van der Waals surface area contributed by atoms with E-state index in [-0.39, 0.29) is 0 Å². The Bertz CT molecular complexity index is 443. The molecule has 2 aromatic heterocycles. The number of nitrogens with zero attached hydrogens (tertiary/aromatic N) is 6. The van der Waals surface area contributed by atoms with Gasteiger partial charge in [0.15, 0.2) is 10.3 Å². The largest absolute Gasteiger partial charge is 0.309 e. The second-order valence-corrected chi connectivity index (χ2v) is 3.93. The van der Waals surface area contributed by atoms with Gasteiger partial charge in [-0.05, 0) is 0 Å². The minimum atomic E-state index is 0.564. The Labute approximate surface area is 97.5 Å². The van der Waals surface area contributed by atoms with Gasteiger partial charge in [0.1, 0.15) is 11.6 Å². The number of hydrogen-bond donors (Lipinski definition) is 2. The highest BCUT2D eigenvalue weighted by Gasteiger charge is 2.11. The summed E-state index contributed by atoms with van der Waals surface area (Å²) < 4.78 is 3.60. The molecular formula is C7H10N6S2. The lowest BCUT2D eigenvalue weighted by molar-refractivity contribution is 0.705. The molecule has 0 aliphatic carbocycles. The molecule has 0 unspecified atom stereocenters. The summed E-state index contributed by atoms with van der Waals surface area (Å²) in [6.45, 7) is 0. The monoisotopic (exact) mass is 242 g/mol. The van der Waals surface area contributed by atoms with E-state index in [0.717, 1.165) is 11.6 Å². The lowest BCUT2D eigenvalue weighted by Crippen LogP contribution is -2.05. The third-order valence-electron chi connectivity index (χ3n) is 2.20. The molecule has 0 fully saturated rings. The third kappa shape index (κ3) is 1.86. The van der Waals surface area contributed by atoms with Gasteiger partial charge in [-0.15, -0.1) is 45.7 Å². The topological polar surface area (TPSA) is 61.4 Å². The first-order valence-corrected chi connectivity index (χ1v) is 5.13. The van der Waals surface area contributed by atoms with Gasteiger partial charge in [-0.2, -0.15) is 0 Å². The molecule has 2 aromatic rings. The van der Waals surface area contributed by atoms with Gasteiger partial charge >= 0.3 is 0 Å². The molecule has 0 aliphatic rings. The van der Waals surface area contributed by atoms with Crippen molar-refractivity contribution in [3.05, 3.63) is 11.6 Å². The summed E-state index contributed by atoms with van der Waals surface area (Å²) in [5.41, 5.74) is 0. The van der Waals surface area contributed by atoms with Gasteiger partial charge < -0.3 is 9.13 Å². The first kappa shape index (κ1) is 10.5. The molecule has 0 aromatic carbocycles. The number of rotatable bonds is 2. The van der Waals surface area contributed by atoms with Crippen LogP contribution in [0.15, 0.2) is 10.3 Å². The number of thiol groups is 2.